The second kappa shape index (κ2) is 5.25. The van der Waals surface area contributed by atoms with Crippen LogP contribution in [0.25, 0.3) is 0 Å². The molecule has 1 aliphatic rings. The lowest BCUT2D eigenvalue weighted by atomic mass is 9.87. The second-order valence-electron chi connectivity index (χ2n) is 5.23. The monoisotopic (exact) mass is 264 g/mol. The van der Waals surface area contributed by atoms with E-state index < -0.39 is 11.6 Å². The first-order chi connectivity index (χ1) is 9.00. The van der Waals surface area contributed by atoms with Gasteiger partial charge in [0, 0.05) is 19.0 Å². The van der Waals surface area contributed by atoms with E-state index in [4.69, 9.17) is 9.84 Å². The lowest BCUT2D eigenvalue weighted by Gasteiger charge is -2.27. The van der Waals surface area contributed by atoms with Gasteiger partial charge < -0.3 is 9.84 Å². The summed E-state index contributed by atoms with van der Waals surface area (Å²) in [6, 6.07) is 0. The van der Waals surface area contributed by atoms with E-state index >= 15 is 0 Å². The summed E-state index contributed by atoms with van der Waals surface area (Å²) in [5.74, 6) is -0.350. The van der Waals surface area contributed by atoms with E-state index in [1.165, 1.54) is 0 Å². The Kier molecular flexibility index (Phi) is 3.85. The molecular weight excluding hydrogens is 244 g/mol. The highest BCUT2D eigenvalue weighted by Gasteiger charge is 2.30. The van der Waals surface area contributed by atoms with E-state index in [1.807, 2.05) is 13.8 Å². The zero-order valence-corrected chi connectivity index (χ0v) is 11.6. The molecule has 5 heteroatoms. The molecule has 2 unspecified atom stereocenters. The molecule has 0 spiro atoms. The number of rotatable bonds is 4. The minimum atomic E-state index is -0.731. The lowest BCUT2D eigenvalue weighted by molar-refractivity contribution is -0.142. The van der Waals surface area contributed by atoms with Gasteiger partial charge in [0.2, 0.25) is 0 Å². The predicted molar refractivity (Wildman–Crippen MR) is 69.8 cm³/mol. The number of carboxylic acids is 1. The Bertz CT molecular complexity index is 484. The van der Waals surface area contributed by atoms with Gasteiger partial charge in [0.25, 0.3) is 0 Å². The number of nitrogens with zero attached hydrogens (tertiary/aromatic N) is 2. The topological polar surface area (TPSA) is 72.3 Å². The number of ether oxygens (including phenoxy) is 1. The first kappa shape index (κ1) is 13.9. The summed E-state index contributed by atoms with van der Waals surface area (Å²) in [5, 5.41) is 9.06. The number of aromatic nitrogens is 2. The predicted octanol–water partition coefficient (Wildman–Crippen LogP) is 1.94. The van der Waals surface area contributed by atoms with Crippen LogP contribution in [0.2, 0.25) is 0 Å². The summed E-state index contributed by atoms with van der Waals surface area (Å²) in [4.78, 5) is 20.0. The van der Waals surface area contributed by atoms with Crippen molar-refractivity contribution in [3.63, 3.8) is 0 Å². The van der Waals surface area contributed by atoms with Crippen molar-refractivity contribution in [2.45, 2.75) is 45.1 Å². The van der Waals surface area contributed by atoms with Gasteiger partial charge in [-0.25, -0.2) is 9.97 Å². The molecule has 1 N–H and O–H groups in total. The number of aryl methyl sites for hydroxylation is 1. The van der Waals surface area contributed by atoms with Gasteiger partial charge in [-0.05, 0) is 38.2 Å². The molecule has 19 heavy (non-hydrogen) atoms. The SMILES string of the molecule is CCC(C)(OC)c1ncc2c(n1)CCC(C(=O)O)C2. The number of fused-ring (bicyclic) bond motifs is 1. The molecule has 0 aromatic carbocycles. The third kappa shape index (κ3) is 2.61. The van der Waals surface area contributed by atoms with Crippen LogP contribution in [-0.2, 0) is 28.0 Å². The fraction of sp³-hybridized carbons (Fsp3) is 0.643. The average molecular weight is 264 g/mol. The largest absolute Gasteiger partial charge is 0.481 e. The summed E-state index contributed by atoms with van der Waals surface area (Å²) in [6.45, 7) is 4.00. The van der Waals surface area contributed by atoms with Crippen molar-refractivity contribution in [1.29, 1.82) is 0 Å². The third-order valence-electron chi connectivity index (χ3n) is 4.10. The molecule has 0 aliphatic heterocycles. The Morgan fingerprint density at radius 1 is 1.63 bits per heavy atom. The van der Waals surface area contributed by atoms with Crippen molar-refractivity contribution in [3.8, 4) is 0 Å². The fourth-order valence-electron chi connectivity index (χ4n) is 2.37. The highest BCUT2D eigenvalue weighted by Crippen LogP contribution is 2.29. The number of hydrogen-bond donors (Lipinski definition) is 1. The first-order valence-electron chi connectivity index (χ1n) is 6.63. The Balaban J connectivity index is 2.29. The molecule has 0 saturated heterocycles. The van der Waals surface area contributed by atoms with Crippen LogP contribution in [0.1, 0.15) is 43.8 Å². The lowest BCUT2D eigenvalue weighted by Crippen LogP contribution is -2.29. The van der Waals surface area contributed by atoms with E-state index in [0.29, 0.717) is 25.1 Å². The average Bonchev–Trinajstić information content (AvgIpc) is 2.45. The first-order valence-corrected chi connectivity index (χ1v) is 6.63. The molecule has 1 aromatic rings. The van der Waals surface area contributed by atoms with Crippen LogP contribution in [0, 0.1) is 5.92 Å². The van der Waals surface area contributed by atoms with Crippen molar-refractivity contribution in [2.75, 3.05) is 7.11 Å². The highest BCUT2D eigenvalue weighted by molar-refractivity contribution is 5.70. The van der Waals surface area contributed by atoms with E-state index in [0.717, 1.165) is 17.7 Å². The summed E-state index contributed by atoms with van der Waals surface area (Å²) < 4.78 is 5.50. The van der Waals surface area contributed by atoms with Crippen LogP contribution < -0.4 is 0 Å². The molecular formula is C14H20N2O3. The fourth-order valence-corrected chi connectivity index (χ4v) is 2.37. The second-order valence-corrected chi connectivity index (χ2v) is 5.23. The summed E-state index contributed by atoms with van der Waals surface area (Å²) in [6.07, 6.45) is 4.43. The van der Waals surface area contributed by atoms with Crippen molar-refractivity contribution < 1.29 is 14.6 Å². The Labute approximate surface area is 113 Å². The van der Waals surface area contributed by atoms with E-state index in [1.54, 1.807) is 13.3 Å². The number of hydrogen-bond acceptors (Lipinski definition) is 4. The molecule has 2 atom stereocenters. The van der Waals surface area contributed by atoms with Gasteiger partial charge in [-0.2, -0.15) is 0 Å². The normalized spacial score (nSPS) is 21.5. The van der Waals surface area contributed by atoms with Crippen LogP contribution in [0.3, 0.4) is 0 Å². The Hall–Kier alpha value is -1.49. The quantitative estimate of drug-likeness (QED) is 0.899. The van der Waals surface area contributed by atoms with Gasteiger partial charge >= 0.3 is 5.97 Å². The van der Waals surface area contributed by atoms with E-state index in [2.05, 4.69) is 9.97 Å². The summed E-state index contributed by atoms with van der Waals surface area (Å²) >= 11 is 0. The van der Waals surface area contributed by atoms with Crippen LogP contribution >= 0.6 is 0 Å². The van der Waals surface area contributed by atoms with Crippen molar-refractivity contribution in [1.82, 2.24) is 9.97 Å². The molecule has 0 amide bonds. The van der Waals surface area contributed by atoms with Crippen molar-refractivity contribution in [2.24, 2.45) is 5.92 Å². The maximum absolute atomic E-state index is 11.0. The number of carboxylic acid groups (broad SMARTS) is 1. The van der Waals surface area contributed by atoms with Gasteiger partial charge in [0.15, 0.2) is 5.82 Å². The molecule has 1 aromatic heterocycles. The van der Waals surface area contributed by atoms with Crippen molar-refractivity contribution in [3.05, 3.63) is 23.3 Å². The molecule has 2 rings (SSSR count). The van der Waals surface area contributed by atoms with Gasteiger partial charge in [-0.3, -0.25) is 4.79 Å². The summed E-state index contributed by atoms with van der Waals surface area (Å²) in [7, 11) is 1.66. The maximum Gasteiger partial charge on any atom is 0.306 e. The zero-order valence-electron chi connectivity index (χ0n) is 11.6. The smallest absolute Gasteiger partial charge is 0.306 e. The highest BCUT2D eigenvalue weighted by atomic mass is 16.5. The van der Waals surface area contributed by atoms with Gasteiger partial charge in [-0.1, -0.05) is 6.92 Å². The Morgan fingerprint density at radius 2 is 2.37 bits per heavy atom. The molecule has 0 saturated carbocycles. The number of carbonyl (C=O) groups is 1. The molecule has 5 nitrogen and oxygen atoms in total. The van der Waals surface area contributed by atoms with E-state index in [9.17, 15) is 4.79 Å². The molecule has 1 heterocycles. The maximum atomic E-state index is 11.0. The molecule has 0 fully saturated rings. The van der Waals surface area contributed by atoms with Crippen LogP contribution in [0.4, 0.5) is 0 Å². The standard InChI is InChI=1S/C14H20N2O3/c1-4-14(2,19-3)13-15-8-10-7-9(12(17)18)5-6-11(10)16-13/h8-9H,4-7H2,1-3H3,(H,17,18). The van der Waals surface area contributed by atoms with Gasteiger partial charge in [-0.15, -0.1) is 0 Å². The number of aliphatic carboxylic acids is 1. The molecule has 1 aliphatic carbocycles. The van der Waals surface area contributed by atoms with Gasteiger partial charge in [0.05, 0.1) is 5.92 Å². The van der Waals surface area contributed by atoms with Crippen LogP contribution in [0.15, 0.2) is 6.20 Å². The van der Waals surface area contributed by atoms with Crippen molar-refractivity contribution >= 4 is 5.97 Å². The van der Waals surface area contributed by atoms with Crippen LogP contribution in [0.5, 0.6) is 0 Å². The molecule has 0 radical (unpaired) electrons. The zero-order chi connectivity index (χ0) is 14.0. The molecule has 104 valence electrons. The van der Waals surface area contributed by atoms with Gasteiger partial charge in [0.1, 0.15) is 5.60 Å². The minimum Gasteiger partial charge on any atom is -0.481 e. The number of methoxy groups -OCH3 is 1. The van der Waals surface area contributed by atoms with E-state index in [-0.39, 0.29) is 5.92 Å². The van der Waals surface area contributed by atoms with Crippen LogP contribution in [-0.4, -0.2) is 28.2 Å². The third-order valence-corrected chi connectivity index (χ3v) is 4.10. The minimum absolute atomic E-state index is 0.304. The Morgan fingerprint density at radius 3 is 2.95 bits per heavy atom. The summed E-state index contributed by atoms with van der Waals surface area (Å²) in [5.41, 5.74) is 1.45. The molecule has 0 bridgehead atoms.